The second-order valence-corrected chi connectivity index (χ2v) is 8.94. The number of benzene rings is 2. The zero-order valence-corrected chi connectivity index (χ0v) is 18.0. The van der Waals surface area contributed by atoms with E-state index in [1.165, 1.54) is 4.90 Å². The molecule has 33 heavy (non-hydrogen) atoms. The fourth-order valence-electron chi connectivity index (χ4n) is 5.12. The third-order valence-corrected chi connectivity index (χ3v) is 6.85. The zero-order chi connectivity index (χ0) is 22.5. The van der Waals surface area contributed by atoms with Crippen molar-refractivity contribution in [2.24, 2.45) is 5.92 Å². The summed E-state index contributed by atoms with van der Waals surface area (Å²) in [5.41, 5.74) is 6.15. The van der Waals surface area contributed by atoms with Crippen LogP contribution in [0.25, 0.3) is 33.4 Å². The lowest BCUT2D eigenvalue weighted by atomic mass is 9.97. The molecule has 6 rings (SSSR count). The molecular formula is C27H23N3O3. The van der Waals surface area contributed by atoms with Gasteiger partial charge in [-0.2, -0.15) is 0 Å². The van der Waals surface area contributed by atoms with Gasteiger partial charge in [0.25, 0.3) is 5.91 Å². The van der Waals surface area contributed by atoms with E-state index in [4.69, 9.17) is 0 Å². The van der Waals surface area contributed by atoms with Crippen molar-refractivity contribution < 1.29 is 14.7 Å². The molecule has 2 amide bonds. The molecule has 1 aliphatic carbocycles. The molecule has 1 saturated carbocycles. The molecule has 6 heteroatoms. The molecule has 2 aromatic carbocycles. The van der Waals surface area contributed by atoms with E-state index in [0.717, 1.165) is 39.0 Å². The summed E-state index contributed by atoms with van der Waals surface area (Å²) >= 11 is 0. The largest absolute Gasteiger partial charge is 0.393 e. The fourth-order valence-corrected chi connectivity index (χ4v) is 5.12. The highest BCUT2D eigenvalue weighted by Crippen LogP contribution is 2.36. The second kappa shape index (κ2) is 7.67. The standard InChI is InChI=1S/C27H23N3O3/c31-20-10-9-17(12-20)26(32)30-15-23-21(7-4-8-22(23)27(30)33)19-11-18-13-24(29-25(18)28-14-19)16-5-2-1-3-6-16/h1-8,11,13-14,17,20,31H,9-10,12,15H2,(H,28,29). The van der Waals surface area contributed by atoms with Crippen molar-refractivity contribution in [2.45, 2.75) is 31.9 Å². The molecular weight excluding hydrogens is 414 g/mol. The summed E-state index contributed by atoms with van der Waals surface area (Å²) in [6, 6.07) is 19.9. The maximum Gasteiger partial charge on any atom is 0.261 e. The molecule has 4 aromatic rings. The highest BCUT2D eigenvalue weighted by atomic mass is 16.3. The smallest absolute Gasteiger partial charge is 0.261 e. The Morgan fingerprint density at radius 3 is 2.61 bits per heavy atom. The van der Waals surface area contributed by atoms with Crippen LogP contribution in [-0.2, 0) is 11.3 Å². The molecule has 2 N–H and O–H groups in total. The van der Waals surface area contributed by atoms with E-state index in [2.05, 4.69) is 34.2 Å². The van der Waals surface area contributed by atoms with Gasteiger partial charge in [0.15, 0.2) is 0 Å². The molecule has 1 fully saturated rings. The summed E-state index contributed by atoms with van der Waals surface area (Å²) in [6.45, 7) is 0.260. The number of carbonyl (C=O) groups is 2. The summed E-state index contributed by atoms with van der Waals surface area (Å²) in [5, 5.41) is 10.8. The Morgan fingerprint density at radius 2 is 1.82 bits per heavy atom. The Labute approximate surface area is 190 Å². The number of imide groups is 1. The summed E-state index contributed by atoms with van der Waals surface area (Å²) in [4.78, 5) is 35.4. The first-order valence-corrected chi connectivity index (χ1v) is 11.3. The predicted molar refractivity (Wildman–Crippen MR) is 125 cm³/mol. The number of nitrogens with one attached hydrogen (secondary N) is 1. The van der Waals surface area contributed by atoms with E-state index in [1.54, 1.807) is 6.07 Å². The monoisotopic (exact) mass is 437 g/mol. The number of H-pyrrole nitrogens is 1. The van der Waals surface area contributed by atoms with Gasteiger partial charge in [-0.3, -0.25) is 14.5 Å². The van der Waals surface area contributed by atoms with E-state index in [1.807, 2.05) is 36.5 Å². The minimum absolute atomic E-state index is 0.176. The average molecular weight is 437 g/mol. The number of aliphatic hydroxyl groups excluding tert-OH is 1. The number of pyridine rings is 1. The molecule has 2 aromatic heterocycles. The Hall–Kier alpha value is -3.77. The van der Waals surface area contributed by atoms with Gasteiger partial charge in [0.1, 0.15) is 5.65 Å². The van der Waals surface area contributed by atoms with Crippen LogP contribution in [0.1, 0.15) is 35.2 Å². The minimum Gasteiger partial charge on any atom is -0.393 e. The molecule has 164 valence electrons. The van der Waals surface area contributed by atoms with Crippen LogP contribution >= 0.6 is 0 Å². The number of hydrogen-bond acceptors (Lipinski definition) is 4. The molecule has 3 heterocycles. The molecule has 1 aliphatic heterocycles. The molecule has 2 unspecified atom stereocenters. The van der Waals surface area contributed by atoms with Crippen LogP contribution < -0.4 is 0 Å². The van der Waals surface area contributed by atoms with Crippen molar-refractivity contribution in [1.82, 2.24) is 14.9 Å². The van der Waals surface area contributed by atoms with Gasteiger partial charge in [0, 0.05) is 34.3 Å². The van der Waals surface area contributed by atoms with Crippen LogP contribution in [-0.4, -0.2) is 37.9 Å². The van der Waals surface area contributed by atoms with E-state index in [0.29, 0.717) is 24.8 Å². The topological polar surface area (TPSA) is 86.3 Å². The van der Waals surface area contributed by atoms with Gasteiger partial charge in [0.05, 0.1) is 12.6 Å². The number of fused-ring (bicyclic) bond motifs is 2. The number of aromatic amines is 1. The van der Waals surface area contributed by atoms with Crippen LogP contribution in [0.2, 0.25) is 0 Å². The molecule has 0 spiro atoms. The fraction of sp³-hybridized carbons (Fsp3) is 0.222. The predicted octanol–water partition coefficient (Wildman–Crippen LogP) is 4.54. The molecule has 0 bridgehead atoms. The third-order valence-electron chi connectivity index (χ3n) is 6.85. The van der Waals surface area contributed by atoms with Crippen LogP contribution in [0.15, 0.2) is 66.9 Å². The van der Waals surface area contributed by atoms with Crippen molar-refractivity contribution in [3.63, 3.8) is 0 Å². The summed E-state index contributed by atoms with van der Waals surface area (Å²) < 4.78 is 0. The first-order valence-electron chi connectivity index (χ1n) is 11.3. The summed E-state index contributed by atoms with van der Waals surface area (Å²) in [7, 11) is 0. The lowest BCUT2D eigenvalue weighted by Crippen LogP contribution is -2.35. The number of amides is 2. The van der Waals surface area contributed by atoms with Crippen molar-refractivity contribution >= 4 is 22.8 Å². The first kappa shape index (κ1) is 19.9. The van der Waals surface area contributed by atoms with Crippen molar-refractivity contribution in [1.29, 1.82) is 0 Å². The molecule has 0 radical (unpaired) electrons. The zero-order valence-electron chi connectivity index (χ0n) is 18.0. The van der Waals surface area contributed by atoms with Crippen molar-refractivity contribution in [2.75, 3.05) is 0 Å². The number of aliphatic hydroxyl groups is 1. The number of carbonyl (C=O) groups excluding carboxylic acids is 2. The quantitative estimate of drug-likeness (QED) is 0.461. The lowest BCUT2D eigenvalue weighted by Gasteiger charge is -2.18. The highest BCUT2D eigenvalue weighted by molar-refractivity contribution is 6.09. The van der Waals surface area contributed by atoms with Gasteiger partial charge < -0.3 is 10.1 Å². The third kappa shape index (κ3) is 3.34. The van der Waals surface area contributed by atoms with E-state index >= 15 is 0 Å². The molecule has 6 nitrogen and oxygen atoms in total. The SMILES string of the molecule is O=C1c2cccc(-c3cnc4[nH]c(-c5ccccc5)cc4c3)c2CN1C(=O)C1CCC(O)C1. The van der Waals surface area contributed by atoms with E-state index < -0.39 is 6.10 Å². The summed E-state index contributed by atoms with van der Waals surface area (Å²) in [6.07, 6.45) is 3.04. The lowest BCUT2D eigenvalue weighted by molar-refractivity contribution is -0.133. The van der Waals surface area contributed by atoms with Gasteiger partial charge in [0.2, 0.25) is 5.91 Å². The second-order valence-electron chi connectivity index (χ2n) is 8.94. The Kier molecular flexibility index (Phi) is 4.62. The van der Waals surface area contributed by atoms with Gasteiger partial charge in [-0.15, -0.1) is 0 Å². The van der Waals surface area contributed by atoms with E-state index in [-0.39, 0.29) is 24.3 Å². The van der Waals surface area contributed by atoms with Gasteiger partial charge in [-0.1, -0.05) is 42.5 Å². The summed E-state index contributed by atoms with van der Waals surface area (Å²) in [5.74, 6) is -0.707. The number of rotatable bonds is 3. The maximum absolute atomic E-state index is 13.1. The van der Waals surface area contributed by atoms with Crippen molar-refractivity contribution in [3.05, 3.63) is 78.0 Å². The van der Waals surface area contributed by atoms with Crippen molar-refractivity contribution in [3.8, 4) is 22.4 Å². The first-order chi connectivity index (χ1) is 16.1. The van der Waals surface area contributed by atoms with Crippen LogP contribution in [0.4, 0.5) is 0 Å². The molecule has 2 atom stereocenters. The van der Waals surface area contributed by atoms with Gasteiger partial charge >= 0.3 is 0 Å². The van der Waals surface area contributed by atoms with Gasteiger partial charge in [-0.25, -0.2) is 4.98 Å². The Bertz CT molecular complexity index is 1390. The maximum atomic E-state index is 13.1. The van der Waals surface area contributed by atoms with Crippen LogP contribution in [0.3, 0.4) is 0 Å². The normalized spacial score (nSPS) is 19.9. The van der Waals surface area contributed by atoms with E-state index in [9.17, 15) is 14.7 Å². The van der Waals surface area contributed by atoms with Crippen LogP contribution in [0.5, 0.6) is 0 Å². The molecule has 0 saturated heterocycles. The Balaban J connectivity index is 1.35. The minimum atomic E-state index is -0.450. The Morgan fingerprint density at radius 1 is 1.00 bits per heavy atom. The van der Waals surface area contributed by atoms with Gasteiger partial charge in [-0.05, 0) is 54.2 Å². The van der Waals surface area contributed by atoms with Crippen LogP contribution in [0, 0.1) is 5.92 Å². The molecule has 2 aliphatic rings. The number of hydrogen-bond donors (Lipinski definition) is 2. The highest BCUT2D eigenvalue weighted by Gasteiger charge is 2.39. The number of nitrogens with zero attached hydrogens (tertiary/aromatic N) is 2. The average Bonchev–Trinajstić information content (AvgIpc) is 3.56. The number of aromatic nitrogens is 2.